The Hall–Kier alpha value is -2.32. The molecule has 0 unspecified atom stereocenters. The maximum atomic E-state index is 9.60. The standard InChI is InChI=1S/C11H10N2O.C5H10O2/c1-13-8-9(3-2-6-14)10-4-5-12-7-11(10)13;1-5(2,3)7-4-6/h4-5,7-8,14H,6H2,1H3;4H,1-3H3. The third-order valence-corrected chi connectivity index (χ3v) is 2.50. The Kier molecular flexibility index (Phi) is 5.94. The first-order chi connectivity index (χ1) is 9.89. The van der Waals surface area contributed by atoms with Gasteiger partial charge in [0.05, 0.1) is 17.3 Å². The molecule has 2 rings (SSSR count). The maximum Gasteiger partial charge on any atom is 0.293 e. The highest BCUT2D eigenvalue weighted by molar-refractivity contribution is 5.85. The van der Waals surface area contributed by atoms with Crippen molar-refractivity contribution in [1.29, 1.82) is 0 Å². The molecular formula is C16H20N2O3. The lowest BCUT2D eigenvalue weighted by Crippen LogP contribution is -2.17. The van der Waals surface area contributed by atoms with Crippen molar-refractivity contribution in [3.63, 3.8) is 0 Å². The summed E-state index contributed by atoms with van der Waals surface area (Å²) in [5.41, 5.74) is 1.66. The van der Waals surface area contributed by atoms with Gasteiger partial charge in [0.1, 0.15) is 12.2 Å². The second-order valence-electron chi connectivity index (χ2n) is 5.33. The highest BCUT2D eigenvalue weighted by Crippen LogP contribution is 2.17. The third-order valence-electron chi connectivity index (χ3n) is 2.50. The summed E-state index contributed by atoms with van der Waals surface area (Å²) in [6.07, 6.45) is 5.49. The number of hydrogen-bond donors (Lipinski definition) is 1. The summed E-state index contributed by atoms with van der Waals surface area (Å²) in [6.45, 7) is 5.81. The van der Waals surface area contributed by atoms with E-state index in [1.807, 2.05) is 44.6 Å². The Balaban J connectivity index is 0.000000270. The van der Waals surface area contributed by atoms with E-state index in [4.69, 9.17) is 5.11 Å². The number of rotatable bonds is 1. The lowest BCUT2D eigenvalue weighted by atomic mass is 10.2. The third kappa shape index (κ3) is 5.28. The molecule has 0 atom stereocenters. The van der Waals surface area contributed by atoms with Crippen molar-refractivity contribution >= 4 is 17.4 Å². The van der Waals surface area contributed by atoms with Crippen LogP contribution in [0, 0.1) is 11.8 Å². The molecule has 2 aromatic heterocycles. The van der Waals surface area contributed by atoms with E-state index >= 15 is 0 Å². The lowest BCUT2D eigenvalue weighted by Gasteiger charge is -2.14. The quantitative estimate of drug-likeness (QED) is 0.643. The summed E-state index contributed by atoms with van der Waals surface area (Å²) in [5, 5.41) is 9.69. The molecule has 0 bridgehead atoms. The van der Waals surface area contributed by atoms with E-state index in [-0.39, 0.29) is 12.2 Å². The zero-order valence-corrected chi connectivity index (χ0v) is 12.8. The summed E-state index contributed by atoms with van der Waals surface area (Å²) in [7, 11) is 1.95. The van der Waals surface area contributed by atoms with Gasteiger partial charge in [-0.3, -0.25) is 9.78 Å². The van der Waals surface area contributed by atoms with Crippen LogP contribution in [0.3, 0.4) is 0 Å². The minimum absolute atomic E-state index is 0.110. The van der Waals surface area contributed by atoms with Crippen molar-refractivity contribution in [2.75, 3.05) is 6.61 Å². The number of aromatic nitrogens is 2. The van der Waals surface area contributed by atoms with Crippen molar-refractivity contribution in [3.8, 4) is 11.8 Å². The summed E-state index contributed by atoms with van der Waals surface area (Å²) in [6, 6.07) is 1.93. The van der Waals surface area contributed by atoms with Crippen LogP contribution in [-0.2, 0) is 16.6 Å². The minimum atomic E-state index is -0.318. The largest absolute Gasteiger partial charge is 0.462 e. The van der Waals surface area contributed by atoms with Gasteiger partial charge < -0.3 is 14.4 Å². The van der Waals surface area contributed by atoms with Gasteiger partial charge in [0.2, 0.25) is 0 Å². The molecule has 0 aromatic carbocycles. The number of aliphatic hydroxyl groups is 1. The monoisotopic (exact) mass is 288 g/mol. The molecule has 0 aliphatic carbocycles. The smallest absolute Gasteiger partial charge is 0.293 e. The van der Waals surface area contributed by atoms with Crippen LogP contribution in [0.2, 0.25) is 0 Å². The van der Waals surface area contributed by atoms with E-state index < -0.39 is 0 Å². The summed E-state index contributed by atoms with van der Waals surface area (Å²) < 4.78 is 6.52. The first kappa shape index (κ1) is 16.7. The molecule has 2 heterocycles. The number of hydrogen-bond acceptors (Lipinski definition) is 4. The van der Waals surface area contributed by atoms with Crippen LogP contribution in [0.25, 0.3) is 10.9 Å². The second-order valence-corrected chi connectivity index (χ2v) is 5.33. The van der Waals surface area contributed by atoms with Crippen LogP contribution in [0.15, 0.2) is 24.7 Å². The van der Waals surface area contributed by atoms with Gasteiger partial charge >= 0.3 is 0 Å². The number of ether oxygens (including phenoxy) is 1. The molecule has 21 heavy (non-hydrogen) atoms. The highest BCUT2D eigenvalue weighted by atomic mass is 16.5. The first-order valence-electron chi connectivity index (χ1n) is 6.49. The molecule has 0 aliphatic rings. The number of aryl methyl sites for hydroxylation is 1. The molecule has 0 spiro atoms. The molecule has 0 saturated carbocycles. The van der Waals surface area contributed by atoms with Gasteiger partial charge in [0.15, 0.2) is 0 Å². The number of carbonyl (C=O) groups excluding carboxylic acids is 1. The molecule has 0 aliphatic heterocycles. The minimum Gasteiger partial charge on any atom is -0.462 e. The van der Waals surface area contributed by atoms with E-state index in [0.717, 1.165) is 16.5 Å². The van der Waals surface area contributed by atoms with Gasteiger partial charge in [-0.25, -0.2) is 0 Å². The van der Waals surface area contributed by atoms with Crippen molar-refractivity contribution in [2.45, 2.75) is 26.4 Å². The molecule has 0 radical (unpaired) electrons. The molecule has 5 nitrogen and oxygen atoms in total. The van der Waals surface area contributed by atoms with E-state index in [9.17, 15) is 4.79 Å². The maximum absolute atomic E-state index is 9.60. The van der Waals surface area contributed by atoms with Crippen molar-refractivity contribution in [2.24, 2.45) is 7.05 Å². The van der Waals surface area contributed by atoms with Crippen LogP contribution >= 0.6 is 0 Å². The van der Waals surface area contributed by atoms with Crippen LogP contribution in [-0.4, -0.2) is 33.3 Å². The lowest BCUT2D eigenvalue weighted by molar-refractivity contribution is -0.138. The number of carbonyl (C=O) groups is 1. The number of aliphatic hydroxyl groups excluding tert-OH is 1. The summed E-state index contributed by atoms with van der Waals surface area (Å²) in [5.74, 6) is 5.55. The van der Waals surface area contributed by atoms with Crippen LogP contribution in [0.5, 0.6) is 0 Å². The zero-order valence-electron chi connectivity index (χ0n) is 12.8. The average Bonchev–Trinajstić information content (AvgIpc) is 2.73. The van der Waals surface area contributed by atoms with E-state index in [1.165, 1.54) is 0 Å². The number of nitrogens with zero attached hydrogens (tertiary/aromatic N) is 2. The molecular weight excluding hydrogens is 268 g/mol. The molecule has 0 fully saturated rings. The van der Waals surface area contributed by atoms with Gasteiger partial charge in [-0.15, -0.1) is 0 Å². The number of pyridine rings is 1. The molecule has 1 N–H and O–H groups in total. The van der Waals surface area contributed by atoms with E-state index in [0.29, 0.717) is 6.47 Å². The molecule has 0 saturated heterocycles. The molecule has 0 amide bonds. The van der Waals surface area contributed by atoms with Crippen LogP contribution in [0.4, 0.5) is 0 Å². The predicted octanol–water partition coefficient (Wildman–Crippen LogP) is 1.88. The van der Waals surface area contributed by atoms with Crippen LogP contribution < -0.4 is 0 Å². The Morgan fingerprint density at radius 3 is 2.71 bits per heavy atom. The molecule has 5 heteroatoms. The molecule has 2 aromatic rings. The van der Waals surface area contributed by atoms with Crippen molar-refractivity contribution in [1.82, 2.24) is 9.55 Å². The van der Waals surface area contributed by atoms with Gasteiger partial charge in [-0.05, 0) is 26.8 Å². The van der Waals surface area contributed by atoms with E-state index in [1.54, 1.807) is 12.4 Å². The van der Waals surface area contributed by atoms with Gasteiger partial charge in [-0.2, -0.15) is 0 Å². The normalized spacial score (nSPS) is 10.1. The number of fused-ring (bicyclic) bond motifs is 1. The second kappa shape index (κ2) is 7.46. The zero-order chi connectivity index (χ0) is 15.9. The van der Waals surface area contributed by atoms with Gasteiger partial charge in [-0.1, -0.05) is 11.8 Å². The average molecular weight is 288 g/mol. The van der Waals surface area contributed by atoms with Gasteiger partial charge in [0.25, 0.3) is 6.47 Å². The Bertz CT molecular complexity index is 657. The highest BCUT2D eigenvalue weighted by Gasteiger charge is 2.07. The first-order valence-corrected chi connectivity index (χ1v) is 6.49. The van der Waals surface area contributed by atoms with Crippen molar-refractivity contribution in [3.05, 3.63) is 30.2 Å². The fourth-order valence-corrected chi connectivity index (χ4v) is 1.61. The Morgan fingerprint density at radius 2 is 2.19 bits per heavy atom. The predicted molar refractivity (Wildman–Crippen MR) is 81.6 cm³/mol. The fourth-order valence-electron chi connectivity index (χ4n) is 1.61. The van der Waals surface area contributed by atoms with Gasteiger partial charge in [0, 0.05) is 24.8 Å². The molecule has 112 valence electrons. The van der Waals surface area contributed by atoms with E-state index in [2.05, 4.69) is 21.6 Å². The summed E-state index contributed by atoms with van der Waals surface area (Å²) in [4.78, 5) is 13.6. The Labute approximate surface area is 124 Å². The Morgan fingerprint density at radius 1 is 1.48 bits per heavy atom. The van der Waals surface area contributed by atoms with Crippen LogP contribution in [0.1, 0.15) is 26.3 Å². The summed E-state index contributed by atoms with van der Waals surface area (Å²) >= 11 is 0. The topological polar surface area (TPSA) is 64.3 Å². The van der Waals surface area contributed by atoms with Crippen molar-refractivity contribution < 1.29 is 14.6 Å². The fraction of sp³-hybridized carbons (Fsp3) is 0.375. The SMILES string of the molecule is CC(C)(C)OC=O.Cn1cc(C#CCO)c2ccncc21.